The molecule has 0 aliphatic heterocycles. The molecule has 8 aromatic carbocycles. The maximum Gasteiger partial charge on any atom is 0.159 e. The Hall–Kier alpha value is -7.04. The van der Waals surface area contributed by atoms with Crippen LogP contribution in [-0.4, -0.2) is 0 Å². The van der Waals surface area contributed by atoms with Gasteiger partial charge in [0, 0.05) is 45.0 Å². The van der Waals surface area contributed by atoms with Crippen molar-refractivity contribution in [2.45, 2.75) is 6.42 Å². The molecule has 0 unspecified atom stereocenters. The number of hydrogen-bond donors (Lipinski definition) is 0. The molecule has 11 rings (SSSR count). The summed E-state index contributed by atoms with van der Waals surface area (Å²) in [4.78, 5) is 4.69. The van der Waals surface area contributed by atoms with Crippen molar-refractivity contribution in [2.24, 2.45) is 0 Å². The van der Waals surface area contributed by atoms with Crippen molar-refractivity contribution in [1.82, 2.24) is 0 Å². The topological polar surface area (TPSA) is 32.8 Å². The standard InChI is InChI=1S/C49H32N2O2/c1-3-14-33(15-4-1)50(44-24-12-21-39-37-18-7-9-26-46(37)52-48(39)44)35-29-28-32-30-42-36(41(32)31-35)20-11-23-43(42)51(34-16-5-2-6-17-34)45-25-13-22-40-38-19-8-10-27-47(38)53-49(40)45/h1-29,31H,30H2. The van der Waals surface area contributed by atoms with E-state index < -0.39 is 0 Å². The van der Waals surface area contributed by atoms with E-state index in [0.717, 1.165) is 84.4 Å². The van der Waals surface area contributed by atoms with Gasteiger partial charge in [0.25, 0.3) is 0 Å². The highest BCUT2D eigenvalue weighted by molar-refractivity contribution is 6.11. The molecular weight excluding hydrogens is 649 g/mol. The van der Waals surface area contributed by atoms with Crippen LogP contribution in [0.5, 0.6) is 0 Å². The molecule has 0 saturated carbocycles. The second-order valence-corrected chi connectivity index (χ2v) is 13.7. The fraction of sp³-hybridized carbons (Fsp3) is 0.0204. The average molecular weight is 681 g/mol. The molecule has 0 bridgehead atoms. The van der Waals surface area contributed by atoms with Crippen LogP contribution in [-0.2, 0) is 6.42 Å². The molecule has 0 radical (unpaired) electrons. The first-order valence-electron chi connectivity index (χ1n) is 18.1. The number of fused-ring (bicyclic) bond motifs is 9. The maximum absolute atomic E-state index is 6.61. The first kappa shape index (κ1) is 29.7. The maximum atomic E-state index is 6.61. The minimum Gasteiger partial charge on any atom is -0.454 e. The third-order valence-corrected chi connectivity index (χ3v) is 10.7. The Morgan fingerprint density at radius 1 is 0.358 bits per heavy atom. The molecule has 53 heavy (non-hydrogen) atoms. The minimum absolute atomic E-state index is 0.824. The Labute approximate surface area is 306 Å². The van der Waals surface area contributed by atoms with Gasteiger partial charge in [0.05, 0.1) is 17.1 Å². The summed E-state index contributed by atoms with van der Waals surface area (Å²) in [7, 11) is 0. The van der Waals surface area contributed by atoms with E-state index in [1.54, 1.807) is 0 Å². The lowest BCUT2D eigenvalue weighted by molar-refractivity contribution is 0.668. The van der Waals surface area contributed by atoms with Crippen molar-refractivity contribution >= 4 is 78.0 Å². The molecule has 2 heterocycles. The SMILES string of the molecule is c1ccc(N(c2ccc3c(c2)-c2cccc(N(c4ccccc4)c4cccc5c4oc4ccccc45)c2C3)c2cccc3c2oc2ccccc23)cc1. The van der Waals surface area contributed by atoms with Crippen LogP contribution in [0.25, 0.3) is 55.0 Å². The lowest BCUT2D eigenvalue weighted by Crippen LogP contribution is -2.12. The summed E-state index contributed by atoms with van der Waals surface area (Å²) in [6.07, 6.45) is 0.824. The fourth-order valence-corrected chi connectivity index (χ4v) is 8.33. The van der Waals surface area contributed by atoms with Gasteiger partial charge in [-0.3, -0.25) is 0 Å². The predicted octanol–water partition coefficient (Wildman–Crippen LogP) is 14.0. The van der Waals surface area contributed by atoms with Gasteiger partial charge in [0.15, 0.2) is 11.2 Å². The summed E-state index contributed by atoms with van der Waals surface area (Å²) in [6.45, 7) is 0. The lowest BCUT2D eigenvalue weighted by atomic mass is 10.0. The van der Waals surface area contributed by atoms with E-state index in [1.165, 1.54) is 22.3 Å². The molecule has 10 aromatic rings. The van der Waals surface area contributed by atoms with Crippen LogP contribution in [0, 0.1) is 0 Å². The van der Waals surface area contributed by atoms with E-state index in [1.807, 2.05) is 24.3 Å². The normalized spacial score (nSPS) is 12.1. The van der Waals surface area contributed by atoms with Crippen LogP contribution in [0.15, 0.2) is 191 Å². The zero-order valence-electron chi connectivity index (χ0n) is 28.7. The van der Waals surface area contributed by atoms with E-state index >= 15 is 0 Å². The van der Waals surface area contributed by atoms with Gasteiger partial charge in [-0.05, 0) is 89.0 Å². The Morgan fingerprint density at radius 2 is 0.868 bits per heavy atom. The largest absolute Gasteiger partial charge is 0.454 e. The van der Waals surface area contributed by atoms with Crippen molar-refractivity contribution in [3.8, 4) is 11.1 Å². The summed E-state index contributed by atoms with van der Waals surface area (Å²) >= 11 is 0. The van der Waals surface area contributed by atoms with Crippen molar-refractivity contribution in [1.29, 1.82) is 0 Å². The van der Waals surface area contributed by atoms with Crippen molar-refractivity contribution in [3.63, 3.8) is 0 Å². The third-order valence-electron chi connectivity index (χ3n) is 10.7. The molecule has 1 aliphatic carbocycles. The number of benzene rings is 8. The highest BCUT2D eigenvalue weighted by atomic mass is 16.3. The van der Waals surface area contributed by atoms with E-state index in [0.29, 0.717) is 0 Å². The average Bonchev–Trinajstić information content (AvgIpc) is 3.91. The molecule has 4 heteroatoms. The van der Waals surface area contributed by atoms with Gasteiger partial charge in [-0.1, -0.05) is 115 Å². The number of nitrogens with zero attached hydrogens (tertiary/aromatic N) is 2. The Balaban J connectivity index is 1.09. The van der Waals surface area contributed by atoms with E-state index in [-0.39, 0.29) is 0 Å². The van der Waals surface area contributed by atoms with E-state index in [4.69, 9.17) is 8.83 Å². The first-order valence-corrected chi connectivity index (χ1v) is 18.1. The molecule has 0 saturated heterocycles. The Kier molecular flexibility index (Phi) is 6.58. The monoisotopic (exact) mass is 680 g/mol. The molecule has 250 valence electrons. The van der Waals surface area contributed by atoms with Gasteiger partial charge < -0.3 is 18.6 Å². The van der Waals surface area contributed by atoms with Gasteiger partial charge in [-0.25, -0.2) is 0 Å². The highest BCUT2D eigenvalue weighted by Crippen LogP contribution is 2.50. The first-order chi connectivity index (χ1) is 26.3. The van der Waals surface area contributed by atoms with Gasteiger partial charge in [-0.2, -0.15) is 0 Å². The van der Waals surface area contributed by atoms with Crippen molar-refractivity contribution < 1.29 is 8.83 Å². The van der Waals surface area contributed by atoms with Crippen LogP contribution in [0.1, 0.15) is 11.1 Å². The van der Waals surface area contributed by atoms with Crippen molar-refractivity contribution in [2.75, 3.05) is 9.80 Å². The summed E-state index contributed by atoms with van der Waals surface area (Å²) in [6, 6.07) is 64.3. The Bertz CT molecular complexity index is 3000. The molecule has 0 atom stereocenters. The molecular formula is C49H32N2O2. The lowest BCUT2D eigenvalue weighted by Gasteiger charge is -2.27. The number of anilines is 6. The van der Waals surface area contributed by atoms with E-state index in [9.17, 15) is 0 Å². The van der Waals surface area contributed by atoms with Gasteiger partial charge in [-0.15, -0.1) is 0 Å². The minimum atomic E-state index is 0.824. The number of para-hydroxylation sites is 6. The molecule has 1 aliphatic rings. The third kappa shape index (κ3) is 4.62. The quantitative estimate of drug-likeness (QED) is 0.175. The number of hydrogen-bond acceptors (Lipinski definition) is 4. The van der Waals surface area contributed by atoms with Gasteiger partial charge >= 0.3 is 0 Å². The van der Waals surface area contributed by atoms with Crippen LogP contribution < -0.4 is 9.80 Å². The van der Waals surface area contributed by atoms with Crippen LogP contribution in [0.4, 0.5) is 34.1 Å². The fourth-order valence-electron chi connectivity index (χ4n) is 8.33. The molecule has 0 spiro atoms. The predicted molar refractivity (Wildman–Crippen MR) is 219 cm³/mol. The molecule has 0 fully saturated rings. The van der Waals surface area contributed by atoms with Crippen LogP contribution in [0.2, 0.25) is 0 Å². The van der Waals surface area contributed by atoms with Crippen LogP contribution in [0.3, 0.4) is 0 Å². The smallest absolute Gasteiger partial charge is 0.159 e. The molecule has 4 nitrogen and oxygen atoms in total. The van der Waals surface area contributed by atoms with E-state index in [2.05, 4.69) is 168 Å². The number of furan rings is 2. The summed E-state index contributed by atoms with van der Waals surface area (Å²) in [5, 5.41) is 4.46. The highest BCUT2D eigenvalue weighted by Gasteiger charge is 2.28. The van der Waals surface area contributed by atoms with Crippen molar-refractivity contribution in [3.05, 3.63) is 193 Å². The van der Waals surface area contributed by atoms with Gasteiger partial charge in [0.1, 0.15) is 11.2 Å². The van der Waals surface area contributed by atoms with Crippen LogP contribution >= 0.6 is 0 Å². The molecule has 2 aromatic heterocycles. The summed E-state index contributed by atoms with van der Waals surface area (Å²) < 4.78 is 13.2. The second kappa shape index (κ2) is 11.8. The van der Waals surface area contributed by atoms with Gasteiger partial charge in [0.2, 0.25) is 0 Å². The Morgan fingerprint density at radius 3 is 1.51 bits per heavy atom. The second-order valence-electron chi connectivity index (χ2n) is 13.7. The zero-order valence-corrected chi connectivity index (χ0v) is 28.7. The summed E-state index contributed by atoms with van der Waals surface area (Å²) in [5.41, 5.74) is 15.0. The summed E-state index contributed by atoms with van der Waals surface area (Å²) in [5.74, 6) is 0. The zero-order chi connectivity index (χ0) is 34.9. The molecule has 0 N–H and O–H groups in total. The number of rotatable bonds is 6. The molecule has 0 amide bonds.